The van der Waals surface area contributed by atoms with Crippen molar-refractivity contribution in [2.45, 2.75) is 12.8 Å². The minimum absolute atomic E-state index is 0.0344. The van der Waals surface area contributed by atoms with E-state index in [4.69, 9.17) is 10.9 Å². The summed E-state index contributed by atoms with van der Waals surface area (Å²) >= 11 is 0. The van der Waals surface area contributed by atoms with E-state index in [1.165, 1.54) is 6.42 Å². The summed E-state index contributed by atoms with van der Waals surface area (Å²) in [5.74, 6) is 0.464. The molecule has 0 saturated carbocycles. The van der Waals surface area contributed by atoms with Gasteiger partial charge in [-0.3, -0.25) is 4.79 Å². The largest absolute Gasteiger partial charge is 0.409 e. The number of hydrogen-bond donors (Lipinski definition) is 3. The number of nitrogens with two attached hydrogens (primary N) is 1. The first kappa shape index (κ1) is 15.3. The zero-order valence-electron chi connectivity index (χ0n) is 12.2. The highest BCUT2D eigenvalue weighted by Gasteiger charge is 2.18. The third-order valence-corrected chi connectivity index (χ3v) is 3.82. The first-order valence-electron chi connectivity index (χ1n) is 7.15. The van der Waals surface area contributed by atoms with Crippen molar-refractivity contribution >= 4 is 11.7 Å². The number of hydrogen-bond acceptors (Lipinski definition) is 4. The molecule has 1 aromatic carbocycles. The number of oxime groups is 1. The van der Waals surface area contributed by atoms with E-state index in [1.807, 2.05) is 0 Å². The molecule has 1 atom stereocenters. The molecule has 1 saturated heterocycles. The number of likely N-dealkylation sites (tertiary alicyclic amines) is 1. The number of carbonyl (C=O) groups is 1. The van der Waals surface area contributed by atoms with Gasteiger partial charge in [0.2, 0.25) is 0 Å². The molecular weight excluding hydrogens is 268 g/mol. The maximum atomic E-state index is 12.1. The van der Waals surface area contributed by atoms with Crippen molar-refractivity contribution in [1.29, 1.82) is 0 Å². The summed E-state index contributed by atoms with van der Waals surface area (Å²) in [5.41, 5.74) is 6.65. The molecule has 1 aliphatic rings. The fraction of sp³-hybridized carbons (Fsp3) is 0.467. The van der Waals surface area contributed by atoms with Gasteiger partial charge in [0.25, 0.3) is 5.91 Å². The second-order valence-electron chi connectivity index (χ2n) is 5.54. The van der Waals surface area contributed by atoms with Crippen molar-refractivity contribution in [3.8, 4) is 0 Å². The molecule has 1 fully saturated rings. The monoisotopic (exact) mass is 290 g/mol. The zero-order valence-corrected chi connectivity index (χ0v) is 12.2. The molecule has 4 N–H and O–H groups in total. The Morgan fingerprint density at radius 2 is 2.10 bits per heavy atom. The van der Waals surface area contributed by atoms with Gasteiger partial charge in [0.1, 0.15) is 0 Å². The number of amidine groups is 1. The van der Waals surface area contributed by atoms with Gasteiger partial charge in [-0.05, 0) is 44.5 Å². The molecule has 1 unspecified atom stereocenters. The van der Waals surface area contributed by atoms with Crippen molar-refractivity contribution < 1.29 is 10.0 Å². The number of benzene rings is 1. The van der Waals surface area contributed by atoms with Crippen molar-refractivity contribution in [2.24, 2.45) is 16.8 Å². The van der Waals surface area contributed by atoms with Crippen LogP contribution in [0.2, 0.25) is 0 Å². The quantitative estimate of drug-likeness (QED) is 0.332. The molecule has 6 heteroatoms. The Bertz CT molecular complexity index is 513. The molecular formula is C15H22N4O2. The van der Waals surface area contributed by atoms with Gasteiger partial charge in [-0.2, -0.15) is 0 Å². The van der Waals surface area contributed by atoms with Gasteiger partial charge in [0, 0.05) is 24.2 Å². The minimum Gasteiger partial charge on any atom is -0.409 e. The summed E-state index contributed by atoms with van der Waals surface area (Å²) < 4.78 is 0. The van der Waals surface area contributed by atoms with Crippen LogP contribution in [0.4, 0.5) is 0 Å². The summed E-state index contributed by atoms with van der Waals surface area (Å²) in [6.45, 7) is 2.87. The van der Waals surface area contributed by atoms with Crippen LogP contribution >= 0.6 is 0 Å². The molecule has 6 nitrogen and oxygen atoms in total. The standard InChI is InChI=1S/C15H22N4O2/c1-19-8-2-3-11(10-19)9-17-15(20)13-6-4-12(5-7-13)14(16)18-21/h4-7,11,21H,2-3,8-10H2,1H3,(H2,16,18)(H,17,20). The van der Waals surface area contributed by atoms with E-state index in [0.29, 0.717) is 23.6 Å². The van der Waals surface area contributed by atoms with Gasteiger partial charge in [0.05, 0.1) is 0 Å². The van der Waals surface area contributed by atoms with Gasteiger partial charge in [-0.1, -0.05) is 17.3 Å². The fourth-order valence-electron chi connectivity index (χ4n) is 2.63. The highest BCUT2D eigenvalue weighted by atomic mass is 16.4. The number of amides is 1. The molecule has 1 aromatic rings. The SMILES string of the molecule is CN1CCCC(CNC(=O)c2ccc(C(N)=NO)cc2)C1. The Hall–Kier alpha value is -2.08. The van der Waals surface area contributed by atoms with Crippen molar-refractivity contribution in [1.82, 2.24) is 10.2 Å². The maximum absolute atomic E-state index is 12.1. The molecule has 21 heavy (non-hydrogen) atoms. The maximum Gasteiger partial charge on any atom is 0.251 e. The number of nitrogens with one attached hydrogen (secondary N) is 1. The Kier molecular flexibility index (Phi) is 5.16. The molecule has 1 amide bonds. The predicted octanol–water partition coefficient (Wildman–Crippen LogP) is 0.853. The molecule has 1 aliphatic heterocycles. The first-order chi connectivity index (χ1) is 10.1. The molecule has 2 rings (SSSR count). The predicted molar refractivity (Wildman–Crippen MR) is 81.5 cm³/mol. The Labute approximate surface area is 124 Å². The van der Waals surface area contributed by atoms with Crippen molar-refractivity contribution in [3.63, 3.8) is 0 Å². The fourth-order valence-corrected chi connectivity index (χ4v) is 2.63. The molecule has 0 bridgehead atoms. The van der Waals surface area contributed by atoms with Crippen LogP contribution in [-0.2, 0) is 0 Å². The van der Waals surface area contributed by atoms with Crippen LogP contribution in [0.1, 0.15) is 28.8 Å². The molecule has 0 aliphatic carbocycles. The van der Waals surface area contributed by atoms with Crippen LogP contribution < -0.4 is 11.1 Å². The number of rotatable bonds is 4. The van der Waals surface area contributed by atoms with Crippen molar-refractivity contribution in [2.75, 3.05) is 26.7 Å². The molecule has 114 valence electrons. The van der Waals surface area contributed by atoms with E-state index in [-0.39, 0.29) is 11.7 Å². The summed E-state index contributed by atoms with van der Waals surface area (Å²) in [4.78, 5) is 14.4. The normalized spacial score (nSPS) is 20.2. The highest BCUT2D eigenvalue weighted by molar-refractivity contribution is 5.99. The Morgan fingerprint density at radius 1 is 1.43 bits per heavy atom. The number of carbonyl (C=O) groups excluding carboxylic acids is 1. The van der Waals surface area contributed by atoms with Crippen LogP contribution in [-0.4, -0.2) is 48.5 Å². The van der Waals surface area contributed by atoms with E-state index >= 15 is 0 Å². The lowest BCUT2D eigenvalue weighted by Crippen LogP contribution is -2.39. The smallest absolute Gasteiger partial charge is 0.251 e. The average molecular weight is 290 g/mol. The lowest BCUT2D eigenvalue weighted by atomic mass is 9.98. The van der Waals surface area contributed by atoms with Gasteiger partial charge in [-0.25, -0.2) is 0 Å². The number of piperidine rings is 1. The highest BCUT2D eigenvalue weighted by Crippen LogP contribution is 2.14. The molecule has 0 spiro atoms. The summed E-state index contributed by atoms with van der Waals surface area (Å²) in [5, 5.41) is 14.5. The van der Waals surface area contributed by atoms with Crippen molar-refractivity contribution in [3.05, 3.63) is 35.4 Å². The van der Waals surface area contributed by atoms with Gasteiger partial charge >= 0.3 is 0 Å². The van der Waals surface area contributed by atoms with E-state index in [1.54, 1.807) is 24.3 Å². The second-order valence-corrected chi connectivity index (χ2v) is 5.54. The Morgan fingerprint density at radius 3 is 2.71 bits per heavy atom. The van der Waals surface area contributed by atoms with Crippen LogP contribution in [0.3, 0.4) is 0 Å². The average Bonchev–Trinajstić information content (AvgIpc) is 2.52. The zero-order chi connectivity index (χ0) is 15.2. The van der Waals surface area contributed by atoms with Crippen LogP contribution in [0.15, 0.2) is 29.4 Å². The van der Waals surface area contributed by atoms with Crippen LogP contribution in [0.25, 0.3) is 0 Å². The summed E-state index contributed by atoms with van der Waals surface area (Å²) in [6.07, 6.45) is 2.35. The Balaban J connectivity index is 1.88. The molecule has 1 heterocycles. The number of nitrogens with zero attached hydrogens (tertiary/aromatic N) is 2. The van der Waals surface area contributed by atoms with Gasteiger partial charge < -0.3 is 21.2 Å². The minimum atomic E-state index is -0.0886. The lowest BCUT2D eigenvalue weighted by molar-refractivity contribution is 0.0937. The summed E-state index contributed by atoms with van der Waals surface area (Å²) in [7, 11) is 2.11. The van der Waals surface area contributed by atoms with Gasteiger partial charge in [-0.15, -0.1) is 0 Å². The second kappa shape index (κ2) is 7.08. The topological polar surface area (TPSA) is 91.0 Å². The van der Waals surface area contributed by atoms with E-state index in [2.05, 4.69) is 22.4 Å². The van der Waals surface area contributed by atoms with E-state index in [0.717, 1.165) is 19.5 Å². The molecule has 0 aromatic heterocycles. The molecule has 0 radical (unpaired) electrons. The third kappa shape index (κ3) is 4.19. The van der Waals surface area contributed by atoms with E-state index in [9.17, 15) is 4.79 Å². The third-order valence-electron chi connectivity index (χ3n) is 3.82. The van der Waals surface area contributed by atoms with E-state index < -0.39 is 0 Å². The summed E-state index contributed by atoms with van der Waals surface area (Å²) in [6, 6.07) is 6.68. The first-order valence-corrected chi connectivity index (χ1v) is 7.15. The lowest BCUT2D eigenvalue weighted by Gasteiger charge is -2.29. The van der Waals surface area contributed by atoms with Crippen LogP contribution in [0, 0.1) is 5.92 Å². The van der Waals surface area contributed by atoms with Gasteiger partial charge in [0.15, 0.2) is 5.84 Å². The van der Waals surface area contributed by atoms with Crippen LogP contribution in [0.5, 0.6) is 0 Å².